The van der Waals surface area contributed by atoms with Crippen LogP contribution in [0.15, 0.2) is 23.1 Å². The van der Waals surface area contributed by atoms with Gasteiger partial charge in [0.2, 0.25) is 10.0 Å². The van der Waals surface area contributed by atoms with Gasteiger partial charge in [0.15, 0.2) is 0 Å². The van der Waals surface area contributed by atoms with Gasteiger partial charge in [-0.15, -0.1) is 0 Å². The Balaban J connectivity index is 1.99. The van der Waals surface area contributed by atoms with Crippen LogP contribution in [0.3, 0.4) is 0 Å². The Morgan fingerprint density at radius 3 is 2.56 bits per heavy atom. The third-order valence-electron chi connectivity index (χ3n) is 5.35. The van der Waals surface area contributed by atoms with Gasteiger partial charge in [-0.25, -0.2) is 18.4 Å². The zero-order valence-electron chi connectivity index (χ0n) is 14.0. The predicted molar refractivity (Wildman–Crippen MR) is 90.5 cm³/mol. The molecular formula is C17H22N2O5S. The number of sulfonamides is 1. The van der Waals surface area contributed by atoms with Crippen molar-refractivity contribution in [3.8, 4) is 0 Å². The zero-order valence-corrected chi connectivity index (χ0v) is 14.8. The minimum atomic E-state index is -3.95. The minimum absolute atomic E-state index is 0.0958. The predicted octanol–water partition coefficient (Wildman–Crippen LogP) is 1.50. The fourth-order valence-corrected chi connectivity index (χ4v) is 4.97. The van der Waals surface area contributed by atoms with E-state index in [0.29, 0.717) is 12.0 Å². The number of carboxylic acids is 1. The summed E-state index contributed by atoms with van der Waals surface area (Å²) >= 11 is 0. The van der Waals surface area contributed by atoms with Crippen molar-refractivity contribution in [1.29, 1.82) is 0 Å². The Bertz CT molecular complexity index is 820. The SMILES string of the molecule is Cc1ccc(C(=O)N2[C@H](C(=O)O)C[C@@H]3CCCC[C@@H]32)cc1S(N)(=O)=O. The Morgan fingerprint density at radius 1 is 1.24 bits per heavy atom. The zero-order chi connectivity index (χ0) is 18.4. The van der Waals surface area contributed by atoms with Crippen molar-refractivity contribution in [2.45, 2.75) is 56.0 Å². The lowest BCUT2D eigenvalue weighted by molar-refractivity contribution is -0.141. The molecule has 2 fully saturated rings. The third-order valence-corrected chi connectivity index (χ3v) is 6.40. The van der Waals surface area contributed by atoms with Crippen LogP contribution in [0.2, 0.25) is 0 Å². The molecule has 25 heavy (non-hydrogen) atoms. The molecule has 0 unspecified atom stereocenters. The van der Waals surface area contributed by atoms with Crippen LogP contribution in [0.5, 0.6) is 0 Å². The van der Waals surface area contributed by atoms with Crippen LogP contribution in [0.4, 0.5) is 0 Å². The molecule has 3 N–H and O–H groups in total. The number of benzene rings is 1. The summed E-state index contributed by atoms with van der Waals surface area (Å²) in [6.45, 7) is 1.60. The average molecular weight is 366 g/mol. The highest BCUT2D eigenvalue weighted by Gasteiger charge is 2.47. The van der Waals surface area contributed by atoms with Gasteiger partial charge in [-0.1, -0.05) is 18.9 Å². The van der Waals surface area contributed by atoms with Gasteiger partial charge in [0.05, 0.1) is 4.90 Å². The lowest BCUT2D eigenvalue weighted by Crippen LogP contribution is -2.46. The van der Waals surface area contributed by atoms with Crippen molar-refractivity contribution in [3.63, 3.8) is 0 Å². The van der Waals surface area contributed by atoms with E-state index in [2.05, 4.69) is 0 Å². The number of fused-ring (bicyclic) bond motifs is 1. The molecule has 136 valence electrons. The first kappa shape index (κ1) is 17.9. The maximum atomic E-state index is 13.0. The van der Waals surface area contributed by atoms with E-state index < -0.39 is 27.9 Å². The van der Waals surface area contributed by atoms with E-state index in [9.17, 15) is 23.1 Å². The van der Waals surface area contributed by atoms with E-state index in [0.717, 1.165) is 25.7 Å². The topological polar surface area (TPSA) is 118 Å². The van der Waals surface area contributed by atoms with Crippen molar-refractivity contribution >= 4 is 21.9 Å². The molecule has 0 spiro atoms. The average Bonchev–Trinajstić information content (AvgIpc) is 2.93. The Kier molecular flexibility index (Phi) is 4.59. The summed E-state index contributed by atoms with van der Waals surface area (Å²) in [5, 5.41) is 14.8. The molecule has 1 amide bonds. The Labute approximate surface area is 146 Å². The van der Waals surface area contributed by atoms with Crippen LogP contribution in [0.25, 0.3) is 0 Å². The van der Waals surface area contributed by atoms with E-state index in [4.69, 9.17) is 5.14 Å². The van der Waals surface area contributed by atoms with Gasteiger partial charge in [0, 0.05) is 11.6 Å². The summed E-state index contributed by atoms with van der Waals surface area (Å²) in [5.41, 5.74) is 0.609. The Morgan fingerprint density at radius 2 is 1.92 bits per heavy atom. The quantitative estimate of drug-likeness (QED) is 0.840. The number of aryl methyl sites for hydroxylation is 1. The van der Waals surface area contributed by atoms with Gasteiger partial charge in [-0.2, -0.15) is 0 Å². The number of likely N-dealkylation sites (tertiary alicyclic amines) is 1. The smallest absolute Gasteiger partial charge is 0.326 e. The van der Waals surface area contributed by atoms with Gasteiger partial charge >= 0.3 is 5.97 Å². The van der Waals surface area contributed by atoms with Crippen molar-refractivity contribution in [2.75, 3.05) is 0 Å². The van der Waals surface area contributed by atoms with Crippen LogP contribution in [0, 0.1) is 12.8 Å². The summed E-state index contributed by atoms with van der Waals surface area (Å²) < 4.78 is 23.4. The first-order chi connectivity index (χ1) is 11.7. The maximum absolute atomic E-state index is 13.0. The number of rotatable bonds is 3. The van der Waals surface area contributed by atoms with Gasteiger partial charge in [-0.05, 0) is 49.8 Å². The highest BCUT2D eigenvalue weighted by molar-refractivity contribution is 7.89. The normalized spacial score (nSPS) is 26.3. The van der Waals surface area contributed by atoms with Crippen LogP contribution in [-0.4, -0.2) is 42.4 Å². The number of primary sulfonamides is 1. The standard InChI is InChI=1S/C17H22N2O5S/c1-10-6-7-12(9-15(10)25(18,23)24)16(20)19-13-5-3-2-4-11(13)8-14(19)17(21)22/h6-7,9,11,13-14H,2-5,8H2,1H3,(H,21,22)(H2,18,23,24)/t11-,13-,14-/m0/s1. The summed E-state index contributed by atoms with van der Waals surface area (Å²) in [5.74, 6) is -1.25. The molecular weight excluding hydrogens is 344 g/mol. The molecule has 1 heterocycles. The van der Waals surface area contributed by atoms with Crippen LogP contribution in [-0.2, 0) is 14.8 Å². The Hall–Kier alpha value is -1.93. The van der Waals surface area contributed by atoms with Crippen LogP contribution < -0.4 is 5.14 Å². The first-order valence-corrected chi connectivity index (χ1v) is 9.93. The fourth-order valence-electron chi connectivity index (χ4n) is 4.16. The monoisotopic (exact) mass is 366 g/mol. The van der Waals surface area contributed by atoms with Crippen LogP contribution >= 0.6 is 0 Å². The van der Waals surface area contributed by atoms with Gasteiger partial charge in [-0.3, -0.25) is 4.79 Å². The number of carbonyl (C=O) groups is 2. The second-order valence-corrected chi connectivity index (χ2v) is 8.47. The number of nitrogens with zero attached hydrogens (tertiary/aromatic N) is 1. The van der Waals surface area contributed by atoms with E-state index in [1.807, 2.05) is 0 Å². The van der Waals surface area contributed by atoms with E-state index in [-0.39, 0.29) is 22.4 Å². The van der Waals surface area contributed by atoms with E-state index in [1.165, 1.54) is 23.1 Å². The second kappa shape index (κ2) is 6.42. The number of carboxylic acid groups (broad SMARTS) is 1. The largest absolute Gasteiger partial charge is 0.480 e. The third kappa shape index (κ3) is 3.28. The minimum Gasteiger partial charge on any atom is -0.480 e. The lowest BCUT2D eigenvalue weighted by atomic mass is 9.84. The molecule has 1 aliphatic heterocycles. The van der Waals surface area contributed by atoms with E-state index in [1.54, 1.807) is 6.92 Å². The second-order valence-electron chi connectivity index (χ2n) is 6.94. The number of carbonyl (C=O) groups excluding carboxylic acids is 1. The molecule has 3 rings (SSSR count). The number of aliphatic carboxylic acids is 1. The molecule has 1 aliphatic carbocycles. The van der Waals surface area contributed by atoms with Gasteiger partial charge in [0.1, 0.15) is 6.04 Å². The molecule has 0 radical (unpaired) electrons. The molecule has 7 nitrogen and oxygen atoms in total. The number of hydrogen-bond acceptors (Lipinski definition) is 4. The highest BCUT2D eigenvalue weighted by atomic mass is 32.2. The van der Waals surface area contributed by atoms with Gasteiger partial charge in [0.25, 0.3) is 5.91 Å². The molecule has 1 aromatic rings. The molecule has 1 saturated heterocycles. The fraction of sp³-hybridized carbons (Fsp3) is 0.529. The van der Waals surface area contributed by atoms with Crippen molar-refractivity contribution < 1.29 is 23.1 Å². The number of nitrogens with two attached hydrogens (primary N) is 1. The number of hydrogen-bond donors (Lipinski definition) is 2. The van der Waals surface area contributed by atoms with Gasteiger partial charge < -0.3 is 10.0 Å². The maximum Gasteiger partial charge on any atom is 0.326 e. The molecule has 1 aromatic carbocycles. The molecule has 8 heteroatoms. The molecule has 0 aromatic heterocycles. The summed E-state index contributed by atoms with van der Waals surface area (Å²) in [6, 6.07) is 3.35. The highest BCUT2D eigenvalue weighted by Crippen LogP contribution is 2.40. The van der Waals surface area contributed by atoms with Crippen molar-refractivity contribution in [2.24, 2.45) is 11.1 Å². The first-order valence-electron chi connectivity index (χ1n) is 8.39. The number of amides is 1. The molecule has 2 aliphatic rings. The lowest BCUT2D eigenvalue weighted by Gasteiger charge is -2.33. The molecule has 1 saturated carbocycles. The molecule has 3 atom stereocenters. The van der Waals surface area contributed by atoms with Crippen molar-refractivity contribution in [3.05, 3.63) is 29.3 Å². The van der Waals surface area contributed by atoms with Crippen LogP contribution in [0.1, 0.15) is 48.0 Å². The molecule has 0 bridgehead atoms. The van der Waals surface area contributed by atoms with Crippen molar-refractivity contribution in [1.82, 2.24) is 4.90 Å². The summed E-state index contributed by atoms with van der Waals surface area (Å²) in [7, 11) is -3.95. The summed E-state index contributed by atoms with van der Waals surface area (Å²) in [6.07, 6.45) is 4.19. The summed E-state index contributed by atoms with van der Waals surface area (Å²) in [4.78, 5) is 26.0. The van der Waals surface area contributed by atoms with E-state index >= 15 is 0 Å².